The summed E-state index contributed by atoms with van der Waals surface area (Å²) in [6.07, 6.45) is 3.37. The molecule has 4 rings (SSSR count). The van der Waals surface area contributed by atoms with E-state index in [0.29, 0.717) is 44.7 Å². The smallest absolute Gasteiger partial charge is 0.257 e. The van der Waals surface area contributed by atoms with Gasteiger partial charge in [0.15, 0.2) is 5.11 Å². The number of carbonyl (C=O) groups is 1. The van der Waals surface area contributed by atoms with Crippen molar-refractivity contribution >= 4 is 63.2 Å². The first-order valence-electron chi connectivity index (χ1n) is 11.6. The molecule has 1 aromatic heterocycles. The van der Waals surface area contributed by atoms with Gasteiger partial charge in [-0.05, 0) is 80.0 Å². The standard InChI is InChI=1S/C26H25Cl2N5O2S/c1-3-5-6-16-7-10-18(11-8-16)33-31-22-14-19(27)21(15-23(22)32-33)29-26(36)30-25(34)17-9-12-24(35-4-2)20(28)13-17/h7-15H,3-6H2,1-2H3,(H2,29,30,34,36). The predicted octanol–water partition coefficient (Wildman–Crippen LogP) is 6.60. The minimum absolute atomic E-state index is 0.0846. The van der Waals surface area contributed by atoms with Gasteiger partial charge in [0.2, 0.25) is 0 Å². The fraction of sp³-hybridized carbons (Fsp3) is 0.231. The van der Waals surface area contributed by atoms with E-state index in [-0.39, 0.29) is 5.11 Å². The lowest BCUT2D eigenvalue weighted by molar-refractivity contribution is 0.0977. The number of aromatic nitrogens is 3. The predicted molar refractivity (Wildman–Crippen MR) is 149 cm³/mol. The molecule has 10 heteroatoms. The largest absolute Gasteiger partial charge is 0.492 e. The highest BCUT2D eigenvalue weighted by Gasteiger charge is 2.14. The van der Waals surface area contributed by atoms with Crippen molar-refractivity contribution in [2.45, 2.75) is 33.1 Å². The number of fused-ring (bicyclic) bond motifs is 1. The highest BCUT2D eigenvalue weighted by molar-refractivity contribution is 7.80. The Hall–Kier alpha value is -3.20. The van der Waals surface area contributed by atoms with Gasteiger partial charge in [0.1, 0.15) is 16.8 Å². The Balaban J connectivity index is 1.46. The Bertz CT molecular complexity index is 1410. The van der Waals surface area contributed by atoms with Gasteiger partial charge in [0.05, 0.1) is 28.0 Å². The van der Waals surface area contributed by atoms with E-state index in [1.54, 1.807) is 29.1 Å². The lowest BCUT2D eigenvalue weighted by Crippen LogP contribution is -2.34. The zero-order chi connectivity index (χ0) is 25.7. The van der Waals surface area contributed by atoms with Gasteiger partial charge in [-0.25, -0.2) is 0 Å². The average molecular weight is 542 g/mol. The summed E-state index contributed by atoms with van der Waals surface area (Å²) in [7, 11) is 0. The van der Waals surface area contributed by atoms with Crippen LogP contribution in [0.4, 0.5) is 5.69 Å². The highest BCUT2D eigenvalue weighted by Crippen LogP contribution is 2.28. The Morgan fingerprint density at radius 3 is 2.39 bits per heavy atom. The van der Waals surface area contributed by atoms with E-state index in [9.17, 15) is 4.79 Å². The molecule has 0 spiro atoms. The van der Waals surface area contributed by atoms with Gasteiger partial charge in [-0.3, -0.25) is 10.1 Å². The van der Waals surface area contributed by atoms with E-state index >= 15 is 0 Å². The first-order chi connectivity index (χ1) is 17.4. The maximum atomic E-state index is 12.6. The molecule has 36 heavy (non-hydrogen) atoms. The second-order valence-corrected chi connectivity index (χ2v) is 9.29. The van der Waals surface area contributed by atoms with Gasteiger partial charge in [0, 0.05) is 5.56 Å². The number of nitrogens with one attached hydrogen (secondary N) is 2. The van der Waals surface area contributed by atoms with Crippen LogP contribution in [0.1, 0.15) is 42.6 Å². The number of anilines is 1. The van der Waals surface area contributed by atoms with Crippen molar-refractivity contribution in [3.05, 3.63) is 75.8 Å². The second-order valence-electron chi connectivity index (χ2n) is 8.07. The molecule has 1 heterocycles. The normalized spacial score (nSPS) is 10.9. The number of ether oxygens (including phenoxy) is 1. The van der Waals surface area contributed by atoms with Crippen molar-refractivity contribution < 1.29 is 9.53 Å². The fourth-order valence-electron chi connectivity index (χ4n) is 3.57. The molecular formula is C26H25Cl2N5O2S. The number of aryl methyl sites for hydroxylation is 1. The number of hydrogen-bond acceptors (Lipinski definition) is 5. The number of rotatable bonds is 8. The van der Waals surface area contributed by atoms with E-state index in [0.717, 1.165) is 24.9 Å². The molecule has 0 aliphatic heterocycles. The monoisotopic (exact) mass is 541 g/mol. The number of amides is 1. The summed E-state index contributed by atoms with van der Waals surface area (Å²) in [5.41, 5.74) is 4.26. The molecule has 0 radical (unpaired) electrons. The second kappa shape index (κ2) is 11.7. The first-order valence-corrected chi connectivity index (χ1v) is 12.7. The number of hydrogen-bond donors (Lipinski definition) is 2. The van der Waals surface area contributed by atoms with Gasteiger partial charge < -0.3 is 10.1 Å². The molecule has 0 saturated heterocycles. The first kappa shape index (κ1) is 25.9. The fourth-order valence-corrected chi connectivity index (χ4v) is 4.21. The Labute approximate surface area is 224 Å². The van der Waals surface area contributed by atoms with E-state index < -0.39 is 5.91 Å². The minimum atomic E-state index is -0.414. The molecule has 0 aliphatic rings. The van der Waals surface area contributed by atoms with Crippen molar-refractivity contribution in [1.82, 2.24) is 20.3 Å². The van der Waals surface area contributed by atoms with Crippen LogP contribution in [0.2, 0.25) is 10.0 Å². The summed E-state index contributed by atoms with van der Waals surface area (Å²) in [6.45, 7) is 4.51. The third kappa shape index (κ3) is 6.13. The molecule has 0 saturated carbocycles. The molecule has 0 aliphatic carbocycles. The number of halogens is 2. The van der Waals surface area contributed by atoms with Crippen LogP contribution >= 0.6 is 35.4 Å². The van der Waals surface area contributed by atoms with Crippen molar-refractivity contribution in [2.24, 2.45) is 0 Å². The summed E-state index contributed by atoms with van der Waals surface area (Å²) in [4.78, 5) is 14.2. The molecule has 1 amide bonds. The van der Waals surface area contributed by atoms with Crippen molar-refractivity contribution in [3.8, 4) is 11.4 Å². The maximum Gasteiger partial charge on any atom is 0.257 e. The molecule has 0 bridgehead atoms. The summed E-state index contributed by atoms with van der Waals surface area (Å²) in [5, 5.41) is 15.5. The third-order valence-corrected chi connectivity index (χ3v) is 6.24. The molecule has 0 atom stereocenters. The Kier molecular flexibility index (Phi) is 8.40. The van der Waals surface area contributed by atoms with Crippen molar-refractivity contribution in [2.75, 3.05) is 11.9 Å². The summed E-state index contributed by atoms with van der Waals surface area (Å²) < 4.78 is 5.40. The molecule has 2 N–H and O–H groups in total. The molecule has 0 fully saturated rings. The van der Waals surface area contributed by atoms with Crippen LogP contribution in [-0.2, 0) is 6.42 Å². The number of nitrogens with zero attached hydrogens (tertiary/aromatic N) is 3. The molecule has 4 aromatic rings. The van der Waals surface area contributed by atoms with Gasteiger partial charge in [-0.2, -0.15) is 4.80 Å². The average Bonchev–Trinajstić information content (AvgIpc) is 3.27. The van der Waals surface area contributed by atoms with E-state index in [2.05, 4.69) is 39.9 Å². The Morgan fingerprint density at radius 1 is 1.00 bits per heavy atom. The Morgan fingerprint density at radius 2 is 1.72 bits per heavy atom. The molecular weight excluding hydrogens is 517 g/mol. The summed E-state index contributed by atoms with van der Waals surface area (Å²) in [5.74, 6) is 0.0972. The van der Waals surface area contributed by atoms with Gasteiger partial charge in [-0.15, -0.1) is 10.2 Å². The number of carbonyl (C=O) groups excluding carboxylic acids is 1. The van der Waals surface area contributed by atoms with E-state index in [4.69, 9.17) is 40.2 Å². The van der Waals surface area contributed by atoms with Crippen LogP contribution in [0.25, 0.3) is 16.7 Å². The number of thiocarbonyl (C=S) groups is 1. The summed E-state index contributed by atoms with van der Waals surface area (Å²) >= 11 is 18.0. The quantitative estimate of drug-likeness (QED) is 0.245. The van der Waals surface area contributed by atoms with Crippen LogP contribution in [0, 0.1) is 0 Å². The number of benzene rings is 3. The SMILES string of the molecule is CCCCc1ccc(-n2nc3cc(Cl)c(NC(=S)NC(=O)c4ccc(OCC)c(Cl)c4)cc3n2)cc1. The third-order valence-electron chi connectivity index (χ3n) is 5.42. The molecule has 0 unspecified atom stereocenters. The van der Waals surface area contributed by atoms with Gasteiger partial charge in [0.25, 0.3) is 5.91 Å². The zero-order valence-corrected chi connectivity index (χ0v) is 22.2. The van der Waals surface area contributed by atoms with Crippen molar-refractivity contribution in [3.63, 3.8) is 0 Å². The highest BCUT2D eigenvalue weighted by atomic mass is 35.5. The van der Waals surface area contributed by atoms with E-state index in [1.165, 1.54) is 11.6 Å². The van der Waals surface area contributed by atoms with Crippen LogP contribution in [0.5, 0.6) is 5.75 Å². The van der Waals surface area contributed by atoms with Crippen molar-refractivity contribution in [1.29, 1.82) is 0 Å². The van der Waals surface area contributed by atoms with Crippen LogP contribution < -0.4 is 15.4 Å². The minimum Gasteiger partial charge on any atom is -0.492 e. The summed E-state index contributed by atoms with van der Waals surface area (Å²) in [6, 6.07) is 16.4. The van der Waals surface area contributed by atoms with E-state index in [1.807, 2.05) is 19.1 Å². The van der Waals surface area contributed by atoms with Gasteiger partial charge in [-0.1, -0.05) is 48.7 Å². The lowest BCUT2D eigenvalue weighted by Gasteiger charge is -2.12. The van der Waals surface area contributed by atoms with Crippen LogP contribution in [0.3, 0.4) is 0 Å². The molecule has 7 nitrogen and oxygen atoms in total. The van der Waals surface area contributed by atoms with Crippen LogP contribution in [-0.4, -0.2) is 32.6 Å². The topological polar surface area (TPSA) is 81.1 Å². The lowest BCUT2D eigenvalue weighted by atomic mass is 10.1. The number of unbranched alkanes of at least 4 members (excludes halogenated alkanes) is 1. The van der Waals surface area contributed by atoms with Crippen LogP contribution in [0.15, 0.2) is 54.6 Å². The molecule has 3 aromatic carbocycles. The maximum absolute atomic E-state index is 12.6. The zero-order valence-electron chi connectivity index (χ0n) is 19.8. The molecule has 186 valence electrons. The van der Waals surface area contributed by atoms with Gasteiger partial charge >= 0.3 is 0 Å².